The van der Waals surface area contributed by atoms with Gasteiger partial charge < -0.3 is 5.11 Å². The number of benzene rings is 2. The maximum absolute atomic E-state index is 13.3. The van der Waals surface area contributed by atoms with Gasteiger partial charge in [-0.1, -0.05) is 30.3 Å². The fourth-order valence-electron chi connectivity index (χ4n) is 2.79. The summed E-state index contributed by atoms with van der Waals surface area (Å²) in [6, 6.07) is 11.0. The van der Waals surface area contributed by atoms with Gasteiger partial charge in [0.15, 0.2) is 0 Å². The molecular weight excluding hydrogens is 239 g/mol. The van der Waals surface area contributed by atoms with Crippen molar-refractivity contribution in [1.29, 1.82) is 0 Å². The summed E-state index contributed by atoms with van der Waals surface area (Å²) in [5.74, 6) is -0.232. The van der Waals surface area contributed by atoms with Crippen molar-refractivity contribution in [3.8, 4) is 0 Å². The molecule has 0 radical (unpaired) electrons. The predicted molar refractivity (Wildman–Crippen MR) is 73.7 cm³/mol. The molecule has 0 spiro atoms. The third-order valence-corrected chi connectivity index (χ3v) is 3.94. The van der Waals surface area contributed by atoms with Gasteiger partial charge in [-0.25, -0.2) is 4.39 Å². The first-order chi connectivity index (χ1) is 9.15. The Kier molecular flexibility index (Phi) is 3.11. The summed E-state index contributed by atoms with van der Waals surface area (Å²) < 4.78 is 13.3. The molecule has 98 valence electrons. The molecule has 0 aromatic heterocycles. The number of hydrogen-bond acceptors (Lipinski definition) is 1. The molecule has 3 rings (SSSR count). The van der Waals surface area contributed by atoms with Gasteiger partial charge in [-0.2, -0.15) is 0 Å². The highest BCUT2D eigenvalue weighted by atomic mass is 19.1. The molecule has 1 aliphatic carbocycles. The van der Waals surface area contributed by atoms with Crippen LogP contribution in [0.1, 0.15) is 40.3 Å². The molecule has 1 nitrogen and oxygen atoms in total. The molecule has 0 fully saturated rings. The molecule has 2 heteroatoms. The van der Waals surface area contributed by atoms with Crippen molar-refractivity contribution in [2.75, 3.05) is 0 Å². The fraction of sp³-hybridized carbons (Fsp3) is 0.294. The molecule has 0 amide bonds. The smallest absolute Gasteiger partial charge is 0.126 e. The van der Waals surface area contributed by atoms with Crippen molar-refractivity contribution in [2.45, 2.75) is 32.3 Å². The van der Waals surface area contributed by atoms with Crippen molar-refractivity contribution in [1.82, 2.24) is 0 Å². The van der Waals surface area contributed by atoms with Crippen LogP contribution >= 0.6 is 0 Å². The van der Waals surface area contributed by atoms with Crippen molar-refractivity contribution < 1.29 is 9.50 Å². The molecule has 1 N–H and O–H groups in total. The zero-order valence-electron chi connectivity index (χ0n) is 11.0. The fourth-order valence-corrected chi connectivity index (χ4v) is 2.79. The van der Waals surface area contributed by atoms with Crippen molar-refractivity contribution in [2.24, 2.45) is 0 Å². The maximum Gasteiger partial charge on any atom is 0.126 e. The second-order valence-electron chi connectivity index (χ2n) is 5.29. The van der Waals surface area contributed by atoms with Gasteiger partial charge in [0.2, 0.25) is 0 Å². The molecular formula is C17H17FO. The molecule has 0 aliphatic heterocycles. The van der Waals surface area contributed by atoms with E-state index in [1.807, 2.05) is 6.07 Å². The Morgan fingerprint density at radius 1 is 1.00 bits per heavy atom. The molecule has 1 aliphatic rings. The van der Waals surface area contributed by atoms with Crippen LogP contribution in [0.4, 0.5) is 4.39 Å². The molecule has 0 saturated heterocycles. The normalized spacial score (nSPS) is 15.3. The highest BCUT2D eigenvalue weighted by Crippen LogP contribution is 2.29. The molecule has 19 heavy (non-hydrogen) atoms. The van der Waals surface area contributed by atoms with Crippen LogP contribution in [0.2, 0.25) is 0 Å². The third kappa shape index (κ3) is 2.28. The summed E-state index contributed by atoms with van der Waals surface area (Å²) in [5, 5.41) is 10.4. The lowest BCUT2D eigenvalue weighted by atomic mass is 9.97. The van der Waals surface area contributed by atoms with Gasteiger partial charge in [0, 0.05) is 0 Å². The van der Waals surface area contributed by atoms with Crippen LogP contribution in [-0.4, -0.2) is 5.11 Å². The van der Waals surface area contributed by atoms with Crippen molar-refractivity contribution in [3.63, 3.8) is 0 Å². The number of hydrogen-bond donors (Lipinski definition) is 1. The minimum atomic E-state index is -0.676. The number of rotatable bonds is 2. The Hall–Kier alpha value is -1.67. The summed E-state index contributed by atoms with van der Waals surface area (Å²) in [4.78, 5) is 0. The Morgan fingerprint density at radius 2 is 1.68 bits per heavy atom. The third-order valence-electron chi connectivity index (χ3n) is 3.94. The highest BCUT2D eigenvalue weighted by Gasteiger charge is 2.16. The number of aliphatic hydroxyl groups excluding tert-OH is 1. The minimum Gasteiger partial charge on any atom is -0.384 e. The lowest BCUT2D eigenvalue weighted by Gasteiger charge is -2.14. The van der Waals surface area contributed by atoms with E-state index >= 15 is 0 Å². The first-order valence-electron chi connectivity index (χ1n) is 6.71. The number of aryl methyl sites for hydroxylation is 3. The van der Waals surface area contributed by atoms with Gasteiger partial charge in [0.05, 0.1) is 0 Å². The van der Waals surface area contributed by atoms with Gasteiger partial charge in [-0.05, 0) is 60.1 Å². The Morgan fingerprint density at radius 3 is 2.47 bits per heavy atom. The second-order valence-corrected chi connectivity index (χ2v) is 5.29. The average Bonchev–Trinajstić information content (AvgIpc) is 2.88. The van der Waals surface area contributed by atoms with E-state index in [4.69, 9.17) is 0 Å². The average molecular weight is 256 g/mol. The standard InChI is InChI=1S/C17H17FO/c1-11-9-14(7-8-16(11)18)17(19)15-6-5-12-3-2-4-13(12)10-15/h5-10,17,19H,2-4H2,1H3. The lowest BCUT2D eigenvalue weighted by Crippen LogP contribution is -2.01. The second kappa shape index (κ2) is 4.78. The molecule has 0 bridgehead atoms. The van der Waals surface area contributed by atoms with E-state index in [1.54, 1.807) is 19.1 Å². The van der Waals surface area contributed by atoms with Crippen molar-refractivity contribution >= 4 is 0 Å². The molecule has 0 heterocycles. The van der Waals surface area contributed by atoms with Crippen LogP contribution < -0.4 is 0 Å². The van der Waals surface area contributed by atoms with E-state index < -0.39 is 6.10 Å². The van der Waals surface area contributed by atoms with Gasteiger partial charge in [-0.3, -0.25) is 0 Å². The maximum atomic E-state index is 13.3. The lowest BCUT2D eigenvalue weighted by molar-refractivity contribution is 0.220. The van der Waals surface area contributed by atoms with E-state index in [0.29, 0.717) is 5.56 Å². The number of halogens is 1. The van der Waals surface area contributed by atoms with E-state index in [-0.39, 0.29) is 5.82 Å². The minimum absolute atomic E-state index is 0.232. The van der Waals surface area contributed by atoms with E-state index in [2.05, 4.69) is 12.1 Å². The van der Waals surface area contributed by atoms with Crippen molar-refractivity contribution in [3.05, 3.63) is 70.0 Å². The van der Waals surface area contributed by atoms with E-state index in [1.165, 1.54) is 23.6 Å². The number of fused-ring (bicyclic) bond motifs is 1. The quantitative estimate of drug-likeness (QED) is 0.868. The Balaban J connectivity index is 1.94. The van der Waals surface area contributed by atoms with E-state index in [0.717, 1.165) is 24.0 Å². The van der Waals surface area contributed by atoms with E-state index in [9.17, 15) is 9.50 Å². The highest BCUT2D eigenvalue weighted by molar-refractivity contribution is 5.39. The molecule has 1 atom stereocenters. The van der Waals surface area contributed by atoms with Crippen LogP contribution in [0.3, 0.4) is 0 Å². The summed E-state index contributed by atoms with van der Waals surface area (Å²) in [6.45, 7) is 1.72. The Labute approximate surface area is 112 Å². The first kappa shape index (κ1) is 12.4. The van der Waals surface area contributed by atoms with Gasteiger partial charge in [-0.15, -0.1) is 0 Å². The van der Waals surface area contributed by atoms with Gasteiger partial charge >= 0.3 is 0 Å². The molecule has 2 aromatic carbocycles. The van der Waals surface area contributed by atoms with Crippen LogP contribution in [0.25, 0.3) is 0 Å². The zero-order valence-corrected chi connectivity index (χ0v) is 11.0. The Bertz CT molecular complexity index is 619. The first-order valence-corrected chi connectivity index (χ1v) is 6.71. The topological polar surface area (TPSA) is 20.2 Å². The van der Waals surface area contributed by atoms with Gasteiger partial charge in [0.1, 0.15) is 11.9 Å². The molecule has 0 saturated carbocycles. The largest absolute Gasteiger partial charge is 0.384 e. The zero-order chi connectivity index (χ0) is 13.4. The summed E-state index contributed by atoms with van der Waals surface area (Å²) in [6.07, 6.45) is 2.76. The SMILES string of the molecule is Cc1cc(C(O)c2ccc3c(c2)CCC3)ccc1F. The van der Waals surface area contributed by atoms with Gasteiger partial charge in [0.25, 0.3) is 0 Å². The molecule has 2 aromatic rings. The van der Waals surface area contributed by atoms with Crippen LogP contribution in [0, 0.1) is 12.7 Å². The molecule has 1 unspecified atom stereocenters. The summed E-state index contributed by atoms with van der Waals surface area (Å²) in [7, 11) is 0. The van der Waals surface area contributed by atoms with Crippen LogP contribution in [0.15, 0.2) is 36.4 Å². The number of aliphatic hydroxyl groups is 1. The van der Waals surface area contributed by atoms with Crippen LogP contribution in [-0.2, 0) is 12.8 Å². The van der Waals surface area contributed by atoms with Crippen LogP contribution in [0.5, 0.6) is 0 Å². The summed E-state index contributed by atoms with van der Waals surface area (Å²) in [5.41, 5.74) is 4.95. The summed E-state index contributed by atoms with van der Waals surface area (Å²) >= 11 is 0. The predicted octanol–water partition coefficient (Wildman–Crippen LogP) is 3.70. The monoisotopic (exact) mass is 256 g/mol.